The van der Waals surface area contributed by atoms with Crippen LogP contribution < -0.4 is 11.2 Å². The maximum atomic E-state index is 13.0. The van der Waals surface area contributed by atoms with E-state index in [2.05, 4.69) is 0 Å². The summed E-state index contributed by atoms with van der Waals surface area (Å²) in [4.78, 5) is 24.0. The summed E-state index contributed by atoms with van der Waals surface area (Å²) in [6.45, 7) is -0.405. The van der Waals surface area contributed by atoms with Crippen molar-refractivity contribution >= 4 is 0 Å². The number of nitrogens with one attached hydrogen (secondary N) is 1. The quantitative estimate of drug-likeness (QED) is 0.577. The first-order valence-electron chi connectivity index (χ1n) is 4.98. The lowest BCUT2D eigenvalue weighted by atomic mass is 10.2. The molecule has 0 aromatic carbocycles. The Kier molecular flexibility index (Phi) is 3.09. The number of aromatic nitrogens is 2. The minimum Gasteiger partial charge on any atom is -0.394 e. The Morgan fingerprint density at radius 2 is 2.29 bits per heavy atom. The lowest BCUT2D eigenvalue weighted by Gasteiger charge is -2.13. The number of nitrogens with zero attached hydrogens (tertiary/aromatic N) is 1. The van der Waals surface area contributed by atoms with Crippen LogP contribution >= 0.6 is 0 Å². The van der Waals surface area contributed by atoms with Crippen molar-refractivity contribution < 1.29 is 19.3 Å². The molecule has 1 aliphatic rings. The van der Waals surface area contributed by atoms with Gasteiger partial charge in [-0.25, -0.2) is 4.79 Å². The minimum atomic E-state index is -1.12. The first-order chi connectivity index (χ1) is 8.02. The van der Waals surface area contributed by atoms with E-state index in [0.29, 0.717) is 0 Å². The molecule has 0 bridgehead atoms. The lowest BCUT2D eigenvalue weighted by Crippen LogP contribution is -2.34. The highest BCUT2D eigenvalue weighted by Crippen LogP contribution is 2.26. The third-order valence-electron chi connectivity index (χ3n) is 2.62. The Hall–Kier alpha value is -1.51. The molecule has 1 aliphatic heterocycles. The van der Waals surface area contributed by atoms with Crippen molar-refractivity contribution in [2.45, 2.75) is 24.9 Å². The number of hydrogen-bond donors (Lipinski definition) is 3. The molecule has 3 N–H and O–H groups in total. The van der Waals surface area contributed by atoms with Gasteiger partial charge < -0.3 is 14.9 Å². The van der Waals surface area contributed by atoms with E-state index >= 15 is 0 Å². The fourth-order valence-electron chi connectivity index (χ4n) is 1.72. The third kappa shape index (κ3) is 2.14. The van der Waals surface area contributed by atoms with Gasteiger partial charge in [0.05, 0.1) is 18.9 Å². The average Bonchev–Trinajstić information content (AvgIpc) is 2.65. The zero-order valence-corrected chi connectivity index (χ0v) is 8.67. The summed E-state index contributed by atoms with van der Waals surface area (Å²) < 4.78 is 19.0. The normalized spacial score (nSPS) is 28.5. The van der Waals surface area contributed by atoms with Crippen molar-refractivity contribution in [3.05, 3.63) is 32.9 Å². The summed E-state index contributed by atoms with van der Waals surface area (Å²) in [6.07, 6.45) is -1.90. The van der Waals surface area contributed by atoms with E-state index in [0.717, 1.165) is 10.8 Å². The van der Waals surface area contributed by atoms with Crippen molar-refractivity contribution in [3.8, 4) is 0 Å². The summed E-state index contributed by atoms with van der Waals surface area (Å²) in [5, 5.41) is 18.3. The van der Waals surface area contributed by atoms with Gasteiger partial charge in [0.1, 0.15) is 12.3 Å². The molecule has 3 atom stereocenters. The molecule has 1 aromatic rings. The Labute approximate surface area is 94.1 Å². The number of H-pyrrole nitrogens is 1. The summed E-state index contributed by atoms with van der Waals surface area (Å²) in [6, 6.07) is 0. The monoisotopic (exact) mass is 245 g/mol. The maximum Gasteiger partial charge on any atom is 0.330 e. The second-order valence-corrected chi connectivity index (χ2v) is 3.76. The SMILES string of the molecule is O=c1[nH]c(=O)n([C@H]2C[C@H](O)[C@@H](CO)O2)cc1[18F]. The van der Waals surface area contributed by atoms with E-state index < -0.39 is 42.1 Å². The van der Waals surface area contributed by atoms with Crippen LogP contribution in [-0.4, -0.2) is 38.6 Å². The number of halogens is 1. The fourth-order valence-corrected chi connectivity index (χ4v) is 1.72. The Morgan fingerprint density at radius 3 is 2.88 bits per heavy atom. The van der Waals surface area contributed by atoms with Gasteiger partial charge in [0.15, 0.2) is 0 Å². The van der Waals surface area contributed by atoms with Crippen LogP contribution in [0.4, 0.5) is 4.39 Å². The molecular weight excluding hydrogens is 234 g/mol. The molecule has 94 valence electrons. The fraction of sp³-hybridized carbons (Fsp3) is 0.556. The van der Waals surface area contributed by atoms with Gasteiger partial charge in [-0.05, 0) is 0 Å². The molecule has 2 heterocycles. The molecule has 0 aliphatic carbocycles. The second kappa shape index (κ2) is 4.40. The van der Waals surface area contributed by atoms with E-state index in [4.69, 9.17) is 9.84 Å². The van der Waals surface area contributed by atoms with Gasteiger partial charge in [-0.3, -0.25) is 14.3 Å². The molecule has 0 spiro atoms. The highest BCUT2D eigenvalue weighted by Gasteiger charge is 2.35. The maximum absolute atomic E-state index is 13.0. The molecule has 1 saturated heterocycles. The Balaban J connectivity index is 2.34. The molecule has 0 radical (unpaired) electrons. The summed E-state index contributed by atoms with van der Waals surface area (Å²) >= 11 is 0. The molecule has 1 fully saturated rings. The number of aromatic amines is 1. The lowest BCUT2D eigenvalue weighted by molar-refractivity contribution is -0.0462. The van der Waals surface area contributed by atoms with Gasteiger partial charge in [-0.1, -0.05) is 0 Å². The smallest absolute Gasteiger partial charge is 0.330 e. The van der Waals surface area contributed by atoms with Crippen LogP contribution in [0, 0.1) is 5.82 Å². The van der Waals surface area contributed by atoms with E-state index in [9.17, 15) is 19.1 Å². The van der Waals surface area contributed by atoms with Crippen LogP contribution in [0.5, 0.6) is 0 Å². The predicted molar refractivity (Wildman–Crippen MR) is 52.9 cm³/mol. The van der Waals surface area contributed by atoms with Crippen LogP contribution in [0.25, 0.3) is 0 Å². The standard InChI is InChI=1S/C9H11FN2O5/c10-4-2-12(9(16)11-8(4)15)7-1-5(14)6(3-13)17-7/h2,5-7,13-14H,1,3H2,(H,11,15,16)/t5-,6+,7+/m0/s1/i10-1. The van der Waals surface area contributed by atoms with Crippen LogP contribution in [0.15, 0.2) is 15.8 Å². The topological polar surface area (TPSA) is 105 Å². The zero-order valence-electron chi connectivity index (χ0n) is 8.67. The molecule has 0 saturated carbocycles. The third-order valence-corrected chi connectivity index (χ3v) is 2.62. The van der Waals surface area contributed by atoms with Crippen LogP contribution in [0.1, 0.15) is 12.6 Å². The zero-order chi connectivity index (χ0) is 12.6. The molecule has 17 heavy (non-hydrogen) atoms. The average molecular weight is 245 g/mol. The molecule has 0 unspecified atom stereocenters. The minimum absolute atomic E-state index is 0.0383. The van der Waals surface area contributed by atoms with Gasteiger partial charge in [-0.15, -0.1) is 0 Å². The van der Waals surface area contributed by atoms with E-state index in [-0.39, 0.29) is 6.42 Å². The molecule has 8 heteroatoms. The molecular formula is C9H11FN2O5. The van der Waals surface area contributed by atoms with Crippen LogP contribution in [0.2, 0.25) is 0 Å². The number of hydrogen-bond acceptors (Lipinski definition) is 5. The molecule has 1 aromatic heterocycles. The highest BCUT2D eigenvalue weighted by atomic mass is 18.2. The number of rotatable bonds is 2. The van der Waals surface area contributed by atoms with Crippen molar-refractivity contribution in [2.24, 2.45) is 0 Å². The largest absolute Gasteiger partial charge is 0.394 e. The van der Waals surface area contributed by atoms with Crippen LogP contribution in [0.3, 0.4) is 0 Å². The van der Waals surface area contributed by atoms with E-state index in [1.807, 2.05) is 0 Å². The molecule has 7 nitrogen and oxygen atoms in total. The van der Waals surface area contributed by atoms with Crippen molar-refractivity contribution in [2.75, 3.05) is 6.61 Å². The molecule has 2 rings (SSSR count). The Morgan fingerprint density at radius 1 is 1.59 bits per heavy atom. The summed E-state index contributed by atoms with van der Waals surface area (Å²) in [5.74, 6) is -1.12. The summed E-state index contributed by atoms with van der Waals surface area (Å²) in [5.41, 5.74) is -1.93. The van der Waals surface area contributed by atoms with Gasteiger partial charge in [0.25, 0.3) is 5.56 Å². The molecule has 0 amide bonds. The van der Waals surface area contributed by atoms with Crippen molar-refractivity contribution in [1.29, 1.82) is 0 Å². The number of aliphatic hydroxyl groups is 2. The second-order valence-electron chi connectivity index (χ2n) is 3.76. The van der Waals surface area contributed by atoms with Gasteiger partial charge >= 0.3 is 5.69 Å². The van der Waals surface area contributed by atoms with E-state index in [1.165, 1.54) is 0 Å². The summed E-state index contributed by atoms with van der Waals surface area (Å²) in [7, 11) is 0. The van der Waals surface area contributed by atoms with Gasteiger partial charge in [0, 0.05) is 6.42 Å². The van der Waals surface area contributed by atoms with E-state index in [1.54, 1.807) is 4.98 Å². The van der Waals surface area contributed by atoms with Gasteiger partial charge in [0.2, 0.25) is 5.82 Å². The number of ether oxygens (including phenoxy) is 1. The van der Waals surface area contributed by atoms with Crippen LogP contribution in [-0.2, 0) is 4.74 Å². The van der Waals surface area contributed by atoms with Crippen molar-refractivity contribution in [1.82, 2.24) is 9.55 Å². The predicted octanol–water partition coefficient (Wildman–Crippen LogP) is -1.68. The van der Waals surface area contributed by atoms with Crippen molar-refractivity contribution in [3.63, 3.8) is 0 Å². The van der Waals surface area contributed by atoms with Gasteiger partial charge in [-0.2, -0.15) is 4.39 Å². The number of aliphatic hydroxyl groups excluding tert-OH is 2. The Bertz CT molecular complexity index is 525. The highest BCUT2D eigenvalue weighted by molar-refractivity contribution is 4.90. The first-order valence-corrected chi connectivity index (χ1v) is 4.98. The first kappa shape index (κ1) is 12.0.